The first-order valence-corrected chi connectivity index (χ1v) is 8.48. The number of imidazole rings is 1. The lowest BCUT2D eigenvalue weighted by atomic mass is 10.2. The van der Waals surface area contributed by atoms with Gasteiger partial charge in [-0.3, -0.25) is 14.9 Å². The lowest BCUT2D eigenvalue weighted by molar-refractivity contribution is -0.384. The first-order valence-electron chi connectivity index (χ1n) is 7.61. The van der Waals surface area contributed by atoms with Crippen molar-refractivity contribution in [2.45, 2.75) is 24.3 Å². The Labute approximate surface area is 148 Å². The number of rotatable bonds is 5. The molecule has 0 spiro atoms. The van der Waals surface area contributed by atoms with Crippen LogP contribution in [0.25, 0.3) is 11.0 Å². The average Bonchev–Trinajstić information content (AvgIpc) is 2.96. The summed E-state index contributed by atoms with van der Waals surface area (Å²) in [6, 6.07) is 11.7. The SMILES string of the molecule is Cc1ccc2nc(SC(C)C(=O)Nc3ccc([N+](=O)[O-])cc3)[nH]c2c1. The number of anilines is 1. The smallest absolute Gasteiger partial charge is 0.269 e. The highest BCUT2D eigenvalue weighted by atomic mass is 32.2. The molecule has 8 heteroatoms. The van der Waals surface area contributed by atoms with Crippen LogP contribution in [0.5, 0.6) is 0 Å². The van der Waals surface area contributed by atoms with Crippen LogP contribution in [0.4, 0.5) is 11.4 Å². The molecule has 0 aliphatic heterocycles. The van der Waals surface area contributed by atoms with Crippen molar-refractivity contribution in [1.29, 1.82) is 0 Å². The minimum absolute atomic E-state index is 0.0157. The predicted molar refractivity (Wildman–Crippen MR) is 97.9 cm³/mol. The second-order valence-corrected chi connectivity index (χ2v) is 6.95. The second kappa shape index (κ2) is 6.94. The Balaban J connectivity index is 1.66. The van der Waals surface area contributed by atoms with E-state index in [1.807, 2.05) is 25.1 Å². The molecule has 0 radical (unpaired) electrons. The van der Waals surface area contributed by atoms with Crippen molar-refractivity contribution >= 4 is 40.1 Å². The molecule has 0 aliphatic rings. The molecular weight excluding hydrogens is 340 g/mol. The molecule has 1 atom stereocenters. The molecule has 1 heterocycles. The summed E-state index contributed by atoms with van der Waals surface area (Å²) in [5.74, 6) is -0.199. The van der Waals surface area contributed by atoms with Crippen LogP contribution in [-0.2, 0) is 4.79 Å². The number of aryl methyl sites for hydroxylation is 1. The number of nitro benzene ring substituents is 1. The fourth-order valence-corrected chi connectivity index (χ4v) is 3.11. The number of carbonyl (C=O) groups is 1. The average molecular weight is 356 g/mol. The van der Waals surface area contributed by atoms with E-state index < -0.39 is 4.92 Å². The van der Waals surface area contributed by atoms with Crippen molar-refractivity contribution < 1.29 is 9.72 Å². The van der Waals surface area contributed by atoms with E-state index in [0.717, 1.165) is 16.6 Å². The van der Waals surface area contributed by atoms with E-state index in [1.54, 1.807) is 6.92 Å². The maximum absolute atomic E-state index is 12.3. The van der Waals surface area contributed by atoms with Crippen LogP contribution in [0.3, 0.4) is 0 Å². The van der Waals surface area contributed by atoms with Crippen LogP contribution in [0.15, 0.2) is 47.6 Å². The summed E-state index contributed by atoms with van der Waals surface area (Å²) in [4.78, 5) is 30.1. The summed E-state index contributed by atoms with van der Waals surface area (Å²) >= 11 is 1.32. The number of fused-ring (bicyclic) bond motifs is 1. The summed E-state index contributed by atoms with van der Waals surface area (Å²) in [6.45, 7) is 3.79. The van der Waals surface area contributed by atoms with Crippen LogP contribution < -0.4 is 5.32 Å². The van der Waals surface area contributed by atoms with Gasteiger partial charge in [0.2, 0.25) is 5.91 Å². The van der Waals surface area contributed by atoms with Gasteiger partial charge in [0.15, 0.2) is 5.16 Å². The molecule has 2 aromatic carbocycles. The molecule has 1 amide bonds. The molecule has 25 heavy (non-hydrogen) atoms. The number of thioether (sulfide) groups is 1. The van der Waals surface area contributed by atoms with Crippen LogP contribution >= 0.6 is 11.8 Å². The van der Waals surface area contributed by atoms with Crippen molar-refractivity contribution in [3.63, 3.8) is 0 Å². The zero-order chi connectivity index (χ0) is 18.0. The standard InChI is InChI=1S/C17H16N4O3S/c1-10-3-8-14-15(9-10)20-17(19-14)25-11(2)16(22)18-12-4-6-13(7-5-12)21(23)24/h3-9,11H,1-2H3,(H,18,22)(H,19,20). The van der Waals surface area contributed by atoms with E-state index in [1.165, 1.54) is 36.0 Å². The number of hydrogen-bond donors (Lipinski definition) is 2. The third-order valence-electron chi connectivity index (χ3n) is 3.62. The van der Waals surface area contributed by atoms with Gasteiger partial charge in [-0.05, 0) is 43.7 Å². The maximum atomic E-state index is 12.3. The number of aromatic amines is 1. The van der Waals surface area contributed by atoms with Crippen molar-refractivity contribution in [2.75, 3.05) is 5.32 Å². The molecule has 3 aromatic rings. The molecule has 1 aromatic heterocycles. The van der Waals surface area contributed by atoms with Gasteiger partial charge in [-0.25, -0.2) is 4.98 Å². The van der Waals surface area contributed by atoms with Gasteiger partial charge in [-0.1, -0.05) is 17.8 Å². The van der Waals surface area contributed by atoms with Crippen molar-refractivity contribution in [3.05, 3.63) is 58.1 Å². The highest BCUT2D eigenvalue weighted by Crippen LogP contribution is 2.25. The first kappa shape index (κ1) is 17.0. The van der Waals surface area contributed by atoms with Gasteiger partial charge in [0.25, 0.3) is 5.69 Å². The van der Waals surface area contributed by atoms with Gasteiger partial charge in [-0.15, -0.1) is 0 Å². The van der Waals surface area contributed by atoms with Crippen LogP contribution in [0.1, 0.15) is 12.5 Å². The first-order chi connectivity index (χ1) is 11.9. The topological polar surface area (TPSA) is 101 Å². The quantitative estimate of drug-likeness (QED) is 0.410. The summed E-state index contributed by atoms with van der Waals surface area (Å²) in [5, 5.41) is 13.7. The van der Waals surface area contributed by atoms with Gasteiger partial charge in [0, 0.05) is 17.8 Å². The summed E-state index contributed by atoms with van der Waals surface area (Å²) in [6.07, 6.45) is 0. The lowest BCUT2D eigenvalue weighted by Crippen LogP contribution is -2.22. The number of benzene rings is 2. The van der Waals surface area contributed by atoms with Gasteiger partial charge in [0.05, 0.1) is 21.2 Å². The van der Waals surface area contributed by atoms with Gasteiger partial charge >= 0.3 is 0 Å². The van der Waals surface area contributed by atoms with Gasteiger partial charge < -0.3 is 10.3 Å². The second-order valence-electron chi connectivity index (χ2n) is 5.62. The molecule has 0 saturated carbocycles. The number of hydrogen-bond acceptors (Lipinski definition) is 5. The van der Waals surface area contributed by atoms with Crippen molar-refractivity contribution in [1.82, 2.24) is 9.97 Å². The molecule has 0 saturated heterocycles. The Morgan fingerprint density at radius 3 is 2.68 bits per heavy atom. The van der Waals surface area contributed by atoms with Gasteiger partial charge in [-0.2, -0.15) is 0 Å². The molecule has 0 fully saturated rings. The normalized spacial score (nSPS) is 12.1. The van der Waals surface area contributed by atoms with E-state index in [2.05, 4.69) is 15.3 Å². The minimum Gasteiger partial charge on any atom is -0.333 e. The molecular formula is C17H16N4O3S. The fourth-order valence-electron chi connectivity index (χ4n) is 2.29. The summed E-state index contributed by atoms with van der Waals surface area (Å²) in [7, 11) is 0. The number of non-ortho nitro benzene ring substituents is 1. The number of H-pyrrole nitrogens is 1. The Morgan fingerprint density at radius 1 is 1.28 bits per heavy atom. The highest BCUT2D eigenvalue weighted by molar-refractivity contribution is 8.00. The Hall–Kier alpha value is -2.87. The van der Waals surface area contributed by atoms with Crippen LogP contribution in [0, 0.1) is 17.0 Å². The highest BCUT2D eigenvalue weighted by Gasteiger charge is 2.17. The van der Waals surface area contributed by atoms with Crippen LogP contribution in [-0.4, -0.2) is 26.0 Å². The monoisotopic (exact) mass is 356 g/mol. The summed E-state index contributed by atoms with van der Waals surface area (Å²) in [5.41, 5.74) is 3.43. The molecule has 3 rings (SSSR count). The van der Waals surface area contributed by atoms with E-state index in [9.17, 15) is 14.9 Å². The van der Waals surface area contributed by atoms with Gasteiger partial charge in [0.1, 0.15) is 0 Å². The van der Waals surface area contributed by atoms with E-state index >= 15 is 0 Å². The third kappa shape index (κ3) is 3.97. The largest absolute Gasteiger partial charge is 0.333 e. The number of nitrogens with one attached hydrogen (secondary N) is 2. The number of nitrogens with zero attached hydrogens (tertiary/aromatic N) is 2. The lowest BCUT2D eigenvalue weighted by Gasteiger charge is -2.10. The molecule has 0 aliphatic carbocycles. The Morgan fingerprint density at radius 2 is 2.00 bits per heavy atom. The van der Waals surface area contributed by atoms with E-state index in [-0.39, 0.29) is 16.8 Å². The fraction of sp³-hybridized carbons (Fsp3) is 0.176. The Bertz CT molecular complexity index is 937. The third-order valence-corrected chi connectivity index (χ3v) is 4.60. The molecule has 128 valence electrons. The number of amides is 1. The molecule has 0 bridgehead atoms. The molecule has 1 unspecified atom stereocenters. The Kier molecular flexibility index (Phi) is 4.71. The minimum atomic E-state index is -0.479. The van der Waals surface area contributed by atoms with E-state index in [4.69, 9.17) is 0 Å². The van der Waals surface area contributed by atoms with Crippen molar-refractivity contribution in [2.24, 2.45) is 0 Å². The van der Waals surface area contributed by atoms with Crippen LogP contribution in [0.2, 0.25) is 0 Å². The number of carbonyl (C=O) groups excluding carboxylic acids is 1. The molecule has 2 N–H and O–H groups in total. The summed E-state index contributed by atoms with van der Waals surface area (Å²) < 4.78 is 0. The predicted octanol–water partition coefficient (Wildman–Crippen LogP) is 3.90. The number of nitro groups is 1. The number of aromatic nitrogens is 2. The molecule has 7 nitrogen and oxygen atoms in total. The maximum Gasteiger partial charge on any atom is 0.269 e. The zero-order valence-corrected chi connectivity index (χ0v) is 14.5. The van der Waals surface area contributed by atoms with E-state index in [0.29, 0.717) is 10.8 Å². The zero-order valence-electron chi connectivity index (χ0n) is 13.6. The van der Waals surface area contributed by atoms with Crippen molar-refractivity contribution in [3.8, 4) is 0 Å².